The number of carboxylic acids is 1. The Bertz CT molecular complexity index is 771. The molecule has 0 aliphatic carbocycles. The molecule has 0 saturated carbocycles. The minimum atomic E-state index is -1.25. The Labute approximate surface area is 168 Å². The second-order valence-electron chi connectivity index (χ2n) is 5.49. The van der Waals surface area contributed by atoms with Crippen molar-refractivity contribution in [2.75, 3.05) is 6.54 Å². The van der Waals surface area contributed by atoms with Gasteiger partial charge in [-0.1, -0.05) is 37.3 Å². The summed E-state index contributed by atoms with van der Waals surface area (Å²) in [5.41, 5.74) is 1.07. The fourth-order valence-corrected chi connectivity index (χ4v) is 3.60. The maximum atomic E-state index is 12.6. The van der Waals surface area contributed by atoms with Gasteiger partial charge in [0.25, 0.3) is 0 Å². The van der Waals surface area contributed by atoms with Gasteiger partial charge in [0.2, 0.25) is 0 Å². The standard InChI is InChI=1S/C18H18Br2N2O4/c1-2-8-22(18(25)26-11-12-6-4-3-5-7-12)16(17(23)24)15-14(20)9-13(19)10-21-15/h3-7,9-10,16H,2,8,11H2,1H3,(H,23,24). The molecule has 26 heavy (non-hydrogen) atoms. The summed E-state index contributed by atoms with van der Waals surface area (Å²) in [6.45, 7) is 2.16. The van der Waals surface area contributed by atoms with Crippen molar-refractivity contribution in [3.8, 4) is 0 Å². The Morgan fingerprint density at radius 2 is 1.96 bits per heavy atom. The first-order chi connectivity index (χ1) is 12.4. The van der Waals surface area contributed by atoms with Crippen molar-refractivity contribution in [1.29, 1.82) is 0 Å². The fourth-order valence-electron chi connectivity index (χ4n) is 2.39. The minimum absolute atomic E-state index is 0.0706. The lowest BCUT2D eigenvalue weighted by Crippen LogP contribution is -2.40. The van der Waals surface area contributed by atoms with Gasteiger partial charge in [-0.05, 0) is 49.9 Å². The molecule has 1 heterocycles. The topological polar surface area (TPSA) is 79.7 Å². The van der Waals surface area contributed by atoms with Crippen LogP contribution >= 0.6 is 31.9 Å². The normalized spacial score (nSPS) is 11.7. The SMILES string of the molecule is CCCN(C(=O)OCc1ccccc1)C(C(=O)O)c1ncc(Br)cc1Br. The van der Waals surface area contributed by atoms with E-state index in [4.69, 9.17) is 4.74 Å². The predicted molar refractivity (Wildman–Crippen MR) is 104 cm³/mol. The molecule has 1 amide bonds. The number of ether oxygens (including phenoxy) is 1. The molecule has 1 aromatic carbocycles. The molecular formula is C18H18Br2N2O4. The van der Waals surface area contributed by atoms with E-state index in [2.05, 4.69) is 36.8 Å². The van der Waals surface area contributed by atoms with Crippen LogP contribution in [-0.4, -0.2) is 33.6 Å². The maximum absolute atomic E-state index is 12.6. The van der Waals surface area contributed by atoms with Crippen LogP contribution in [0.5, 0.6) is 0 Å². The smallest absolute Gasteiger partial charge is 0.411 e. The Hall–Kier alpha value is -1.93. The summed E-state index contributed by atoms with van der Waals surface area (Å²) in [5, 5.41) is 9.73. The lowest BCUT2D eigenvalue weighted by atomic mass is 10.1. The first-order valence-corrected chi connectivity index (χ1v) is 9.53. The fraction of sp³-hybridized carbons (Fsp3) is 0.278. The molecule has 1 unspecified atom stereocenters. The van der Waals surface area contributed by atoms with E-state index in [0.717, 1.165) is 5.56 Å². The predicted octanol–water partition coefficient (Wildman–Crippen LogP) is 4.78. The number of aliphatic carboxylic acids is 1. The molecule has 138 valence electrons. The number of halogens is 2. The van der Waals surface area contributed by atoms with E-state index < -0.39 is 18.1 Å². The largest absolute Gasteiger partial charge is 0.479 e. The van der Waals surface area contributed by atoms with Crippen LogP contribution in [0.4, 0.5) is 4.79 Å². The van der Waals surface area contributed by atoms with Gasteiger partial charge < -0.3 is 9.84 Å². The zero-order chi connectivity index (χ0) is 19.1. The number of aromatic nitrogens is 1. The lowest BCUT2D eigenvalue weighted by Gasteiger charge is -2.28. The van der Waals surface area contributed by atoms with Crippen LogP contribution in [0, 0.1) is 0 Å². The summed E-state index contributed by atoms with van der Waals surface area (Å²) >= 11 is 6.61. The average Bonchev–Trinajstić information content (AvgIpc) is 2.61. The molecule has 1 aromatic heterocycles. The lowest BCUT2D eigenvalue weighted by molar-refractivity contribution is -0.143. The van der Waals surface area contributed by atoms with E-state index in [1.165, 1.54) is 11.1 Å². The van der Waals surface area contributed by atoms with Crippen LogP contribution in [0.15, 0.2) is 51.5 Å². The summed E-state index contributed by atoms with van der Waals surface area (Å²) in [4.78, 5) is 29.9. The van der Waals surface area contributed by atoms with Crippen LogP contribution in [0.2, 0.25) is 0 Å². The molecule has 2 aromatic rings. The molecule has 0 aliphatic rings. The van der Waals surface area contributed by atoms with Crippen LogP contribution in [0.25, 0.3) is 0 Å². The maximum Gasteiger partial charge on any atom is 0.411 e. The second-order valence-corrected chi connectivity index (χ2v) is 7.26. The second kappa shape index (κ2) is 9.68. The van der Waals surface area contributed by atoms with Crippen molar-refractivity contribution in [3.05, 3.63) is 62.8 Å². The van der Waals surface area contributed by atoms with Crippen molar-refractivity contribution >= 4 is 43.9 Å². The molecule has 0 fully saturated rings. The van der Waals surface area contributed by atoms with E-state index in [-0.39, 0.29) is 18.8 Å². The van der Waals surface area contributed by atoms with Crippen molar-refractivity contribution in [2.45, 2.75) is 26.0 Å². The van der Waals surface area contributed by atoms with Crippen LogP contribution in [0.1, 0.15) is 30.6 Å². The van der Waals surface area contributed by atoms with Crippen molar-refractivity contribution in [2.24, 2.45) is 0 Å². The molecule has 1 atom stereocenters. The molecule has 8 heteroatoms. The van der Waals surface area contributed by atoms with Gasteiger partial charge in [0, 0.05) is 21.7 Å². The highest BCUT2D eigenvalue weighted by Crippen LogP contribution is 2.29. The third-order valence-electron chi connectivity index (χ3n) is 3.55. The van der Waals surface area contributed by atoms with Gasteiger partial charge in [-0.2, -0.15) is 0 Å². The van der Waals surface area contributed by atoms with Gasteiger partial charge in [-0.25, -0.2) is 9.59 Å². The highest BCUT2D eigenvalue weighted by Gasteiger charge is 2.34. The zero-order valence-corrected chi connectivity index (χ0v) is 17.2. The van der Waals surface area contributed by atoms with Crippen LogP contribution < -0.4 is 0 Å². The third kappa shape index (κ3) is 5.28. The van der Waals surface area contributed by atoms with Gasteiger partial charge in [-0.15, -0.1) is 0 Å². The van der Waals surface area contributed by atoms with Gasteiger partial charge in [0.15, 0.2) is 6.04 Å². The molecule has 1 N–H and O–H groups in total. The number of rotatable bonds is 7. The van der Waals surface area contributed by atoms with Crippen molar-refractivity contribution < 1.29 is 19.4 Å². The quantitative estimate of drug-likeness (QED) is 0.610. The number of carboxylic acid groups (broad SMARTS) is 1. The summed E-state index contributed by atoms with van der Waals surface area (Å²) < 4.78 is 6.53. The first kappa shape index (κ1) is 20.4. The molecular weight excluding hydrogens is 468 g/mol. The summed E-state index contributed by atoms with van der Waals surface area (Å²) in [6, 6.07) is 9.66. The minimum Gasteiger partial charge on any atom is -0.479 e. The Morgan fingerprint density at radius 1 is 1.27 bits per heavy atom. The van der Waals surface area contributed by atoms with Crippen LogP contribution in [0.3, 0.4) is 0 Å². The highest BCUT2D eigenvalue weighted by molar-refractivity contribution is 9.11. The van der Waals surface area contributed by atoms with E-state index in [9.17, 15) is 14.7 Å². The van der Waals surface area contributed by atoms with E-state index in [1.807, 2.05) is 37.3 Å². The first-order valence-electron chi connectivity index (χ1n) is 7.95. The Balaban J connectivity index is 2.25. The summed E-state index contributed by atoms with van der Waals surface area (Å²) in [7, 11) is 0. The number of hydrogen-bond donors (Lipinski definition) is 1. The number of amides is 1. The zero-order valence-electron chi connectivity index (χ0n) is 14.1. The molecule has 0 radical (unpaired) electrons. The van der Waals surface area contributed by atoms with Gasteiger partial charge in [0.1, 0.15) is 6.61 Å². The molecule has 0 aliphatic heterocycles. The molecule has 6 nitrogen and oxygen atoms in total. The number of benzene rings is 1. The van der Waals surface area contributed by atoms with Gasteiger partial charge in [-0.3, -0.25) is 9.88 Å². The Kier molecular flexibility index (Phi) is 7.59. The molecule has 2 rings (SSSR count). The van der Waals surface area contributed by atoms with Gasteiger partial charge >= 0.3 is 12.1 Å². The summed E-state index contributed by atoms with van der Waals surface area (Å²) in [5.74, 6) is -1.18. The summed E-state index contributed by atoms with van der Waals surface area (Å²) in [6.07, 6.45) is 1.38. The number of hydrogen-bond acceptors (Lipinski definition) is 4. The van der Waals surface area contributed by atoms with E-state index in [1.54, 1.807) is 6.07 Å². The number of carbonyl (C=O) groups excluding carboxylic acids is 1. The average molecular weight is 486 g/mol. The van der Waals surface area contributed by atoms with Crippen molar-refractivity contribution in [3.63, 3.8) is 0 Å². The van der Waals surface area contributed by atoms with Crippen LogP contribution in [-0.2, 0) is 16.1 Å². The molecule has 0 bridgehead atoms. The van der Waals surface area contributed by atoms with E-state index in [0.29, 0.717) is 15.4 Å². The Morgan fingerprint density at radius 3 is 2.54 bits per heavy atom. The van der Waals surface area contributed by atoms with E-state index >= 15 is 0 Å². The van der Waals surface area contributed by atoms with Crippen molar-refractivity contribution in [1.82, 2.24) is 9.88 Å². The number of carbonyl (C=O) groups is 2. The number of pyridine rings is 1. The van der Waals surface area contributed by atoms with Gasteiger partial charge in [0.05, 0.1) is 5.69 Å². The molecule has 0 saturated heterocycles. The monoisotopic (exact) mass is 484 g/mol. The number of nitrogens with zero attached hydrogens (tertiary/aromatic N) is 2. The molecule has 0 spiro atoms. The highest BCUT2D eigenvalue weighted by atomic mass is 79.9. The third-order valence-corrected chi connectivity index (χ3v) is 4.61.